The van der Waals surface area contributed by atoms with Crippen LogP contribution in [0.1, 0.15) is 29.7 Å². The van der Waals surface area contributed by atoms with Gasteiger partial charge in [0.2, 0.25) is 0 Å². The monoisotopic (exact) mass is 243 g/mol. The normalized spacial score (nSPS) is 12.4. The van der Waals surface area contributed by atoms with Gasteiger partial charge < -0.3 is 10.2 Å². The van der Waals surface area contributed by atoms with Gasteiger partial charge in [-0.2, -0.15) is 11.8 Å². The zero-order chi connectivity index (χ0) is 12.0. The Kier molecular flexibility index (Phi) is 5.37. The molecular formula is C10H17N3O2S. The molecule has 1 aromatic heterocycles. The lowest BCUT2D eigenvalue weighted by Crippen LogP contribution is -2.29. The second-order valence-electron chi connectivity index (χ2n) is 3.56. The average molecular weight is 243 g/mol. The van der Waals surface area contributed by atoms with E-state index in [0.29, 0.717) is 0 Å². The highest BCUT2D eigenvalue weighted by Gasteiger charge is 2.09. The Morgan fingerprint density at radius 3 is 3.00 bits per heavy atom. The smallest absolute Gasteiger partial charge is 0.300 e. The fourth-order valence-corrected chi connectivity index (χ4v) is 2.13. The summed E-state index contributed by atoms with van der Waals surface area (Å²) >= 11 is 1.73. The Morgan fingerprint density at radius 2 is 2.38 bits per heavy atom. The molecule has 1 amide bonds. The van der Waals surface area contributed by atoms with Crippen LogP contribution in [0, 0.1) is 0 Å². The summed E-state index contributed by atoms with van der Waals surface area (Å²) in [4.78, 5) is 11.1. The molecule has 0 aliphatic heterocycles. The minimum atomic E-state index is -0.410. The van der Waals surface area contributed by atoms with Gasteiger partial charge in [-0.25, -0.2) is 5.84 Å². The van der Waals surface area contributed by atoms with Gasteiger partial charge in [0.25, 0.3) is 0 Å². The van der Waals surface area contributed by atoms with Crippen LogP contribution in [-0.2, 0) is 5.75 Å². The van der Waals surface area contributed by atoms with Gasteiger partial charge in [-0.1, -0.05) is 0 Å². The molecule has 1 atom stereocenters. The first-order chi connectivity index (χ1) is 7.63. The Morgan fingerprint density at radius 1 is 1.62 bits per heavy atom. The fraction of sp³-hybridized carbons (Fsp3) is 0.500. The molecule has 90 valence electrons. The average Bonchev–Trinajstić information content (AvgIpc) is 2.71. The van der Waals surface area contributed by atoms with Crippen molar-refractivity contribution in [3.63, 3.8) is 0 Å². The predicted molar refractivity (Wildman–Crippen MR) is 64.8 cm³/mol. The van der Waals surface area contributed by atoms with Gasteiger partial charge >= 0.3 is 5.91 Å². The number of amides is 1. The van der Waals surface area contributed by atoms with Gasteiger partial charge in [0.15, 0.2) is 5.76 Å². The number of furan rings is 1. The Balaban J connectivity index is 2.32. The van der Waals surface area contributed by atoms with E-state index in [1.165, 1.54) is 0 Å². The van der Waals surface area contributed by atoms with Gasteiger partial charge in [-0.3, -0.25) is 10.2 Å². The zero-order valence-corrected chi connectivity index (χ0v) is 10.0. The fourth-order valence-electron chi connectivity index (χ4n) is 1.09. The van der Waals surface area contributed by atoms with E-state index in [9.17, 15) is 4.79 Å². The molecular weight excluding hydrogens is 226 g/mol. The van der Waals surface area contributed by atoms with Crippen LogP contribution in [0.4, 0.5) is 0 Å². The molecule has 0 bridgehead atoms. The third-order valence-corrected chi connectivity index (χ3v) is 2.99. The first-order valence-corrected chi connectivity index (χ1v) is 6.22. The molecule has 0 aliphatic carbocycles. The first-order valence-electron chi connectivity index (χ1n) is 5.06. The minimum Gasteiger partial charge on any atom is -0.455 e. The van der Waals surface area contributed by atoms with E-state index >= 15 is 0 Å². The molecule has 16 heavy (non-hydrogen) atoms. The number of carbonyl (C=O) groups is 1. The number of nitrogens with one attached hydrogen (secondary N) is 1. The Labute approximate surface area is 98.9 Å². The highest BCUT2D eigenvalue weighted by Crippen LogP contribution is 2.16. The second-order valence-corrected chi connectivity index (χ2v) is 4.66. The zero-order valence-electron chi connectivity index (χ0n) is 9.23. The van der Waals surface area contributed by atoms with Crippen molar-refractivity contribution in [2.75, 3.05) is 5.75 Å². The SMILES string of the molecule is CC(N)CCSCc1ccc(C(=O)NN)o1. The summed E-state index contributed by atoms with van der Waals surface area (Å²) in [6.07, 6.45) is 0.974. The van der Waals surface area contributed by atoms with Gasteiger partial charge in [-0.15, -0.1) is 0 Å². The Bertz CT molecular complexity index is 339. The molecule has 0 aromatic carbocycles. The van der Waals surface area contributed by atoms with E-state index in [1.807, 2.05) is 12.3 Å². The lowest BCUT2D eigenvalue weighted by molar-refractivity contribution is 0.0924. The lowest BCUT2D eigenvalue weighted by Gasteiger charge is -2.02. The first kappa shape index (κ1) is 13.1. The van der Waals surface area contributed by atoms with Crippen molar-refractivity contribution < 1.29 is 9.21 Å². The molecule has 5 nitrogen and oxygen atoms in total. The highest BCUT2D eigenvalue weighted by atomic mass is 32.2. The summed E-state index contributed by atoms with van der Waals surface area (Å²) in [6.45, 7) is 1.98. The maximum Gasteiger partial charge on any atom is 0.300 e. The maximum absolute atomic E-state index is 11.1. The summed E-state index contributed by atoms with van der Waals surface area (Å²) in [5.74, 6) is 7.32. The van der Waals surface area contributed by atoms with Gasteiger partial charge in [0.1, 0.15) is 5.76 Å². The number of hydrogen-bond acceptors (Lipinski definition) is 5. The molecule has 5 N–H and O–H groups in total. The minimum absolute atomic E-state index is 0.225. The van der Waals surface area contributed by atoms with E-state index in [-0.39, 0.29) is 11.8 Å². The van der Waals surface area contributed by atoms with Crippen LogP contribution in [0.25, 0.3) is 0 Å². The summed E-state index contributed by atoms with van der Waals surface area (Å²) in [5, 5.41) is 0. The number of rotatable bonds is 6. The molecule has 1 aromatic rings. The van der Waals surface area contributed by atoms with Crippen LogP contribution < -0.4 is 17.0 Å². The molecule has 1 heterocycles. The van der Waals surface area contributed by atoms with E-state index in [0.717, 1.165) is 23.7 Å². The van der Waals surface area contributed by atoms with Crippen molar-refractivity contribution in [2.45, 2.75) is 25.1 Å². The standard InChI is InChI=1S/C10H17N3O2S/c1-7(11)4-5-16-6-8-2-3-9(15-8)10(14)13-12/h2-3,7H,4-6,11-12H2,1H3,(H,13,14). The van der Waals surface area contributed by atoms with E-state index in [4.69, 9.17) is 16.0 Å². The Hall–Kier alpha value is -0.980. The van der Waals surface area contributed by atoms with Gasteiger partial charge in [0.05, 0.1) is 5.75 Å². The number of carbonyl (C=O) groups excluding carboxylic acids is 1. The largest absolute Gasteiger partial charge is 0.455 e. The maximum atomic E-state index is 11.1. The number of nitrogen functional groups attached to an aromatic ring is 1. The van der Waals surface area contributed by atoms with Crippen molar-refractivity contribution in [1.29, 1.82) is 0 Å². The highest BCUT2D eigenvalue weighted by molar-refractivity contribution is 7.98. The van der Waals surface area contributed by atoms with Crippen LogP contribution >= 0.6 is 11.8 Å². The topological polar surface area (TPSA) is 94.3 Å². The molecule has 0 saturated heterocycles. The van der Waals surface area contributed by atoms with Crippen LogP contribution in [0.15, 0.2) is 16.5 Å². The van der Waals surface area contributed by atoms with E-state index in [1.54, 1.807) is 23.9 Å². The summed E-state index contributed by atoms with van der Waals surface area (Å²) in [5.41, 5.74) is 7.65. The molecule has 1 unspecified atom stereocenters. The molecule has 0 saturated carbocycles. The molecule has 1 rings (SSSR count). The number of hydrazine groups is 1. The quantitative estimate of drug-likeness (QED) is 0.298. The van der Waals surface area contributed by atoms with Crippen molar-refractivity contribution in [1.82, 2.24) is 5.43 Å². The number of nitrogens with two attached hydrogens (primary N) is 2. The summed E-state index contributed by atoms with van der Waals surface area (Å²) in [7, 11) is 0. The molecule has 6 heteroatoms. The van der Waals surface area contributed by atoms with Crippen molar-refractivity contribution >= 4 is 17.7 Å². The van der Waals surface area contributed by atoms with Crippen LogP contribution in [0.5, 0.6) is 0 Å². The van der Waals surface area contributed by atoms with E-state index in [2.05, 4.69) is 0 Å². The predicted octanol–water partition coefficient (Wildman–Crippen LogP) is 0.854. The summed E-state index contributed by atoms with van der Waals surface area (Å²) < 4.78 is 5.30. The van der Waals surface area contributed by atoms with Crippen molar-refractivity contribution in [2.24, 2.45) is 11.6 Å². The molecule has 0 aliphatic rings. The van der Waals surface area contributed by atoms with Crippen LogP contribution in [0.2, 0.25) is 0 Å². The van der Waals surface area contributed by atoms with Crippen LogP contribution in [-0.4, -0.2) is 17.7 Å². The lowest BCUT2D eigenvalue weighted by atomic mass is 10.3. The molecule has 0 spiro atoms. The summed E-state index contributed by atoms with van der Waals surface area (Å²) in [6, 6.07) is 3.62. The third kappa shape index (κ3) is 4.26. The number of thioether (sulfide) groups is 1. The second kappa shape index (κ2) is 6.57. The van der Waals surface area contributed by atoms with Crippen molar-refractivity contribution in [3.05, 3.63) is 23.7 Å². The van der Waals surface area contributed by atoms with Gasteiger partial charge in [-0.05, 0) is 31.2 Å². The molecule has 0 radical (unpaired) electrons. The third-order valence-electron chi connectivity index (χ3n) is 1.98. The van der Waals surface area contributed by atoms with Crippen molar-refractivity contribution in [3.8, 4) is 0 Å². The molecule has 0 fully saturated rings. The van der Waals surface area contributed by atoms with Crippen LogP contribution in [0.3, 0.4) is 0 Å². The van der Waals surface area contributed by atoms with Gasteiger partial charge in [0, 0.05) is 6.04 Å². The van der Waals surface area contributed by atoms with E-state index < -0.39 is 5.91 Å². The number of hydrogen-bond donors (Lipinski definition) is 3.